The minimum Gasteiger partial charge on any atom is -0.420 e. The van der Waals surface area contributed by atoms with E-state index in [0.29, 0.717) is 0 Å². The molecule has 0 atom stereocenters. The fourth-order valence-electron chi connectivity index (χ4n) is 3.06. The van der Waals surface area contributed by atoms with Crippen molar-refractivity contribution in [1.29, 1.82) is 0 Å². The van der Waals surface area contributed by atoms with Crippen molar-refractivity contribution in [3.05, 3.63) is 0 Å². The van der Waals surface area contributed by atoms with E-state index in [1.807, 2.05) is 14.2 Å². The zero-order valence-electron chi connectivity index (χ0n) is 14.2. The van der Waals surface area contributed by atoms with Crippen LogP contribution in [-0.2, 0) is 8.85 Å². The van der Waals surface area contributed by atoms with Gasteiger partial charge in [-0.15, -0.1) is 0 Å². The highest BCUT2D eigenvalue weighted by Gasteiger charge is 2.30. The molecule has 0 aromatic carbocycles. The molecule has 0 saturated carbocycles. The molecule has 0 radical (unpaired) electrons. The molecule has 0 aliphatic rings. The molecule has 0 aliphatic heterocycles. The predicted octanol–water partition coefficient (Wildman–Crippen LogP) is 5.42. The summed E-state index contributed by atoms with van der Waals surface area (Å²) in [6.07, 6.45) is 4.06. The van der Waals surface area contributed by atoms with Crippen LogP contribution in [-0.4, -0.2) is 30.9 Å². The van der Waals surface area contributed by atoms with Crippen LogP contribution < -0.4 is 0 Å². The lowest BCUT2D eigenvalue weighted by Crippen LogP contribution is -2.35. The molecule has 4 heteroatoms. The normalized spacial score (nSPS) is 12.9. The molecule has 0 amide bonds. The van der Waals surface area contributed by atoms with E-state index in [9.17, 15) is 0 Å². The standard InChI is InChI=1S/C15H36O2Si2/c1-7-18(8-2,16-5)14-12-11-13-15-19(9-3,10-4)17-6/h7-15H2,1-6H3. The van der Waals surface area contributed by atoms with Crippen LogP contribution in [0.5, 0.6) is 0 Å². The van der Waals surface area contributed by atoms with Crippen LogP contribution >= 0.6 is 0 Å². The van der Waals surface area contributed by atoms with Crippen LogP contribution in [0.4, 0.5) is 0 Å². The largest absolute Gasteiger partial charge is 0.420 e. The lowest BCUT2D eigenvalue weighted by molar-refractivity contribution is 0.385. The highest BCUT2D eigenvalue weighted by molar-refractivity contribution is 6.74. The average Bonchev–Trinajstić information content (AvgIpc) is 2.48. The Hall–Kier alpha value is 0.354. The molecule has 0 saturated heterocycles. The van der Waals surface area contributed by atoms with Gasteiger partial charge in [0.25, 0.3) is 0 Å². The molecule has 0 aromatic rings. The first-order valence-electron chi connectivity index (χ1n) is 8.17. The van der Waals surface area contributed by atoms with Gasteiger partial charge in [-0.3, -0.25) is 0 Å². The van der Waals surface area contributed by atoms with E-state index in [1.54, 1.807) is 0 Å². The Bertz CT molecular complexity index is 176. The minimum atomic E-state index is -1.36. The smallest absolute Gasteiger partial charge is 0.191 e. The predicted molar refractivity (Wildman–Crippen MR) is 90.9 cm³/mol. The summed E-state index contributed by atoms with van der Waals surface area (Å²) >= 11 is 0. The lowest BCUT2D eigenvalue weighted by atomic mass is 10.3. The molecular weight excluding hydrogens is 268 g/mol. The van der Waals surface area contributed by atoms with E-state index in [4.69, 9.17) is 8.85 Å². The van der Waals surface area contributed by atoms with Gasteiger partial charge < -0.3 is 8.85 Å². The summed E-state index contributed by atoms with van der Waals surface area (Å²) in [6, 6.07) is 7.75. The van der Waals surface area contributed by atoms with Crippen molar-refractivity contribution in [3.63, 3.8) is 0 Å². The van der Waals surface area contributed by atoms with E-state index >= 15 is 0 Å². The molecule has 116 valence electrons. The van der Waals surface area contributed by atoms with Crippen molar-refractivity contribution in [3.8, 4) is 0 Å². The van der Waals surface area contributed by atoms with Gasteiger partial charge in [0.1, 0.15) is 0 Å². The summed E-state index contributed by atoms with van der Waals surface area (Å²) in [5.41, 5.74) is 0. The van der Waals surface area contributed by atoms with Crippen LogP contribution in [0.25, 0.3) is 0 Å². The summed E-state index contributed by atoms with van der Waals surface area (Å²) in [6.45, 7) is 9.21. The first-order valence-corrected chi connectivity index (χ1v) is 13.2. The maximum Gasteiger partial charge on any atom is 0.191 e. The van der Waals surface area contributed by atoms with Gasteiger partial charge in [0.05, 0.1) is 0 Å². The van der Waals surface area contributed by atoms with Crippen LogP contribution in [0, 0.1) is 0 Å². The number of hydrogen-bond acceptors (Lipinski definition) is 2. The molecule has 0 aliphatic carbocycles. The first kappa shape index (κ1) is 19.4. The van der Waals surface area contributed by atoms with E-state index in [2.05, 4.69) is 27.7 Å². The summed E-state index contributed by atoms with van der Waals surface area (Å²) in [4.78, 5) is 0. The second-order valence-electron chi connectivity index (χ2n) is 5.75. The first-order chi connectivity index (χ1) is 9.07. The van der Waals surface area contributed by atoms with Gasteiger partial charge in [-0.25, -0.2) is 0 Å². The van der Waals surface area contributed by atoms with Crippen LogP contribution in [0.15, 0.2) is 0 Å². The number of hydrogen-bond donors (Lipinski definition) is 0. The van der Waals surface area contributed by atoms with Crippen LogP contribution in [0.1, 0.15) is 47.0 Å². The third-order valence-corrected chi connectivity index (χ3v) is 14.6. The highest BCUT2D eigenvalue weighted by Crippen LogP contribution is 2.27. The van der Waals surface area contributed by atoms with E-state index in [1.165, 1.54) is 55.5 Å². The quantitative estimate of drug-likeness (QED) is 0.354. The molecule has 0 unspecified atom stereocenters. The zero-order chi connectivity index (χ0) is 14.8. The Kier molecular flexibility index (Phi) is 10.3. The van der Waals surface area contributed by atoms with E-state index in [-0.39, 0.29) is 0 Å². The molecule has 2 nitrogen and oxygen atoms in total. The van der Waals surface area contributed by atoms with Gasteiger partial charge in [-0.1, -0.05) is 47.0 Å². The third-order valence-electron chi connectivity index (χ3n) is 5.21. The third kappa shape index (κ3) is 6.11. The van der Waals surface area contributed by atoms with E-state index in [0.717, 1.165) is 0 Å². The zero-order valence-corrected chi connectivity index (χ0v) is 16.2. The van der Waals surface area contributed by atoms with E-state index < -0.39 is 16.6 Å². The van der Waals surface area contributed by atoms with Crippen molar-refractivity contribution in [2.75, 3.05) is 14.2 Å². The summed E-state index contributed by atoms with van der Waals surface area (Å²) < 4.78 is 11.7. The summed E-state index contributed by atoms with van der Waals surface area (Å²) in [5, 5.41) is 0. The van der Waals surface area contributed by atoms with Crippen LogP contribution in [0.2, 0.25) is 36.3 Å². The number of unbranched alkanes of at least 4 members (excludes halogenated alkanes) is 2. The fraction of sp³-hybridized carbons (Fsp3) is 1.00. The molecular formula is C15H36O2Si2. The second kappa shape index (κ2) is 10.1. The molecule has 0 spiro atoms. The lowest BCUT2D eigenvalue weighted by Gasteiger charge is -2.28. The maximum atomic E-state index is 5.87. The maximum absolute atomic E-state index is 5.87. The Morgan fingerprint density at radius 3 is 1.11 bits per heavy atom. The van der Waals surface area contributed by atoms with Crippen molar-refractivity contribution in [2.45, 2.75) is 83.2 Å². The molecule has 0 heterocycles. The van der Waals surface area contributed by atoms with Crippen molar-refractivity contribution in [2.24, 2.45) is 0 Å². The SMILES string of the molecule is CC[Si](CC)(CCCCC[Si](CC)(CC)OC)OC. The van der Waals surface area contributed by atoms with Gasteiger partial charge in [-0.05, 0) is 36.3 Å². The van der Waals surface area contributed by atoms with Crippen molar-refractivity contribution >= 4 is 16.6 Å². The Balaban J connectivity index is 3.98. The Morgan fingerprint density at radius 1 is 0.579 bits per heavy atom. The van der Waals surface area contributed by atoms with Crippen molar-refractivity contribution in [1.82, 2.24) is 0 Å². The highest BCUT2D eigenvalue weighted by atomic mass is 28.4. The second-order valence-corrected chi connectivity index (χ2v) is 15.1. The minimum absolute atomic E-state index is 1.26. The molecule has 0 fully saturated rings. The van der Waals surface area contributed by atoms with Crippen LogP contribution in [0.3, 0.4) is 0 Å². The van der Waals surface area contributed by atoms with Crippen molar-refractivity contribution < 1.29 is 8.85 Å². The molecule has 0 N–H and O–H groups in total. The van der Waals surface area contributed by atoms with Gasteiger partial charge in [-0.2, -0.15) is 0 Å². The average molecular weight is 305 g/mol. The summed E-state index contributed by atoms with van der Waals surface area (Å²) in [7, 11) is 1.14. The number of rotatable bonds is 12. The molecule has 0 rings (SSSR count). The molecule has 19 heavy (non-hydrogen) atoms. The molecule has 0 bridgehead atoms. The summed E-state index contributed by atoms with van der Waals surface area (Å²) in [5.74, 6) is 0. The van der Waals surface area contributed by atoms with Gasteiger partial charge >= 0.3 is 0 Å². The topological polar surface area (TPSA) is 18.5 Å². The van der Waals surface area contributed by atoms with Gasteiger partial charge in [0.2, 0.25) is 0 Å². The monoisotopic (exact) mass is 304 g/mol. The van der Waals surface area contributed by atoms with Gasteiger partial charge in [0.15, 0.2) is 16.6 Å². The fourth-order valence-corrected chi connectivity index (χ4v) is 8.83. The Labute approximate surface area is 123 Å². The van der Waals surface area contributed by atoms with Gasteiger partial charge in [0, 0.05) is 14.2 Å². The Morgan fingerprint density at radius 2 is 0.895 bits per heavy atom. The molecule has 0 aromatic heterocycles.